The summed E-state index contributed by atoms with van der Waals surface area (Å²) in [6.07, 6.45) is 3.72. The number of hydrogen-bond donors (Lipinski definition) is 1. The Kier molecular flexibility index (Phi) is 7.38. The van der Waals surface area contributed by atoms with Crippen LogP contribution in [0.5, 0.6) is 5.75 Å². The number of ether oxygens (including phenoxy) is 1. The van der Waals surface area contributed by atoms with Gasteiger partial charge in [0.15, 0.2) is 0 Å². The highest BCUT2D eigenvalue weighted by Crippen LogP contribution is 2.28. The number of piperidine rings is 1. The molecule has 0 aromatic heterocycles. The third-order valence-corrected chi connectivity index (χ3v) is 3.93. The van der Waals surface area contributed by atoms with Crippen LogP contribution in [0.3, 0.4) is 0 Å². The van der Waals surface area contributed by atoms with E-state index in [1.807, 2.05) is 18.2 Å². The van der Waals surface area contributed by atoms with Crippen LogP contribution in [0.15, 0.2) is 22.7 Å². The Labute approximate surface area is 128 Å². The standard InChI is InChI=1S/C13H17BrClNO.ClH/c14-12-8-11(15)3-4-13(12)17-7-5-10-2-1-6-16-9-10;/h3-4,8,10,16H,1-2,5-7,9H2;1H. The second-order valence-electron chi connectivity index (χ2n) is 4.42. The molecule has 1 aromatic rings. The highest BCUT2D eigenvalue weighted by Gasteiger charge is 2.12. The first kappa shape index (κ1) is 16.1. The van der Waals surface area contributed by atoms with Gasteiger partial charge < -0.3 is 10.1 Å². The molecule has 1 N–H and O–H groups in total. The lowest BCUT2D eigenvalue weighted by Gasteiger charge is -2.22. The lowest BCUT2D eigenvalue weighted by atomic mass is 9.97. The monoisotopic (exact) mass is 353 g/mol. The minimum Gasteiger partial charge on any atom is -0.492 e. The minimum atomic E-state index is 0. The summed E-state index contributed by atoms with van der Waals surface area (Å²) < 4.78 is 6.68. The summed E-state index contributed by atoms with van der Waals surface area (Å²) in [6.45, 7) is 3.07. The van der Waals surface area contributed by atoms with Crippen molar-refractivity contribution in [2.45, 2.75) is 19.3 Å². The smallest absolute Gasteiger partial charge is 0.133 e. The van der Waals surface area contributed by atoms with Crippen molar-refractivity contribution in [3.05, 3.63) is 27.7 Å². The molecule has 1 aliphatic rings. The minimum absolute atomic E-state index is 0. The molecule has 102 valence electrons. The van der Waals surface area contributed by atoms with E-state index < -0.39 is 0 Å². The number of hydrogen-bond acceptors (Lipinski definition) is 2. The molecule has 1 saturated heterocycles. The summed E-state index contributed by atoms with van der Waals surface area (Å²) in [5.74, 6) is 1.63. The first-order valence-electron chi connectivity index (χ1n) is 6.04. The molecular formula is C13H18BrCl2NO. The fourth-order valence-corrected chi connectivity index (χ4v) is 2.90. The number of halogens is 3. The van der Waals surface area contributed by atoms with Crippen molar-refractivity contribution in [2.75, 3.05) is 19.7 Å². The molecule has 1 aliphatic heterocycles. The van der Waals surface area contributed by atoms with Crippen molar-refractivity contribution < 1.29 is 4.74 Å². The third-order valence-electron chi connectivity index (χ3n) is 3.08. The maximum absolute atomic E-state index is 5.88. The molecular weight excluding hydrogens is 337 g/mol. The Morgan fingerprint density at radius 1 is 1.44 bits per heavy atom. The van der Waals surface area contributed by atoms with Gasteiger partial charge in [-0.1, -0.05) is 11.6 Å². The van der Waals surface area contributed by atoms with Crippen molar-refractivity contribution in [2.24, 2.45) is 5.92 Å². The largest absolute Gasteiger partial charge is 0.492 e. The van der Waals surface area contributed by atoms with E-state index in [9.17, 15) is 0 Å². The van der Waals surface area contributed by atoms with E-state index in [1.54, 1.807) is 0 Å². The fraction of sp³-hybridized carbons (Fsp3) is 0.538. The van der Waals surface area contributed by atoms with E-state index in [2.05, 4.69) is 21.2 Å². The summed E-state index contributed by atoms with van der Waals surface area (Å²) in [5.41, 5.74) is 0. The van der Waals surface area contributed by atoms with Crippen LogP contribution in [-0.4, -0.2) is 19.7 Å². The van der Waals surface area contributed by atoms with E-state index in [1.165, 1.54) is 19.4 Å². The van der Waals surface area contributed by atoms with E-state index in [0.717, 1.165) is 40.7 Å². The van der Waals surface area contributed by atoms with Crippen molar-refractivity contribution in [3.63, 3.8) is 0 Å². The first-order chi connectivity index (χ1) is 8.25. The van der Waals surface area contributed by atoms with Gasteiger partial charge in [-0.05, 0) is 72.4 Å². The van der Waals surface area contributed by atoms with Gasteiger partial charge in [0.25, 0.3) is 0 Å². The fourth-order valence-electron chi connectivity index (χ4n) is 2.10. The first-order valence-corrected chi connectivity index (χ1v) is 7.21. The molecule has 1 unspecified atom stereocenters. The SMILES string of the molecule is Cl.Clc1ccc(OCCC2CCCNC2)c(Br)c1. The van der Waals surface area contributed by atoms with E-state index in [0.29, 0.717) is 0 Å². The van der Waals surface area contributed by atoms with Crippen LogP contribution in [0.25, 0.3) is 0 Å². The molecule has 1 heterocycles. The zero-order valence-corrected chi connectivity index (χ0v) is 13.3. The van der Waals surface area contributed by atoms with Crippen LogP contribution in [-0.2, 0) is 0 Å². The molecule has 5 heteroatoms. The summed E-state index contributed by atoms with van der Waals surface area (Å²) in [5, 5.41) is 4.14. The highest BCUT2D eigenvalue weighted by molar-refractivity contribution is 9.10. The zero-order valence-electron chi connectivity index (χ0n) is 10.1. The van der Waals surface area contributed by atoms with E-state index >= 15 is 0 Å². The average molecular weight is 355 g/mol. The molecule has 0 amide bonds. The predicted molar refractivity (Wildman–Crippen MR) is 82.1 cm³/mol. The molecule has 2 nitrogen and oxygen atoms in total. The van der Waals surface area contributed by atoms with Crippen LogP contribution in [0.1, 0.15) is 19.3 Å². The van der Waals surface area contributed by atoms with Crippen LogP contribution >= 0.6 is 39.9 Å². The van der Waals surface area contributed by atoms with Gasteiger partial charge in [-0.25, -0.2) is 0 Å². The second-order valence-corrected chi connectivity index (χ2v) is 5.72. The Morgan fingerprint density at radius 3 is 2.94 bits per heavy atom. The maximum atomic E-state index is 5.88. The number of nitrogens with one attached hydrogen (secondary N) is 1. The lowest BCUT2D eigenvalue weighted by molar-refractivity contribution is 0.253. The molecule has 0 radical (unpaired) electrons. The molecule has 1 atom stereocenters. The Bertz CT molecular complexity index is 370. The molecule has 0 aliphatic carbocycles. The lowest BCUT2D eigenvalue weighted by Crippen LogP contribution is -2.30. The summed E-state index contributed by atoms with van der Waals surface area (Å²) in [6, 6.07) is 5.62. The van der Waals surface area contributed by atoms with Crippen LogP contribution < -0.4 is 10.1 Å². The molecule has 18 heavy (non-hydrogen) atoms. The number of benzene rings is 1. The van der Waals surface area contributed by atoms with Crippen molar-refractivity contribution >= 4 is 39.9 Å². The highest BCUT2D eigenvalue weighted by atomic mass is 79.9. The molecule has 0 saturated carbocycles. The van der Waals surface area contributed by atoms with Crippen LogP contribution in [0.4, 0.5) is 0 Å². The van der Waals surface area contributed by atoms with Gasteiger partial charge in [0.2, 0.25) is 0 Å². The molecule has 1 fully saturated rings. The van der Waals surface area contributed by atoms with E-state index in [-0.39, 0.29) is 12.4 Å². The van der Waals surface area contributed by atoms with Crippen LogP contribution in [0.2, 0.25) is 5.02 Å². The van der Waals surface area contributed by atoms with Crippen LogP contribution in [0, 0.1) is 5.92 Å². The molecule has 0 bridgehead atoms. The van der Waals surface area contributed by atoms with Gasteiger partial charge >= 0.3 is 0 Å². The van der Waals surface area contributed by atoms with Gasteiger partial charge in [0, 0.05) is 5.02 Å². The Hall–Kier alpha value is 0.0400. The maximum Gasteiger partial charge on any atom is 0.133 e. The van der Waals surface area contributed by atoms with Crippen molar-refractivity contribution in [1.29, 1.82) is 0 Å². The second kappa shape index (κ2) is 8.26. The third kappa shape index (κ3) is 4.96. The average Bonchev–Trinajstić information content (AvgIpc) is 2.33. The normalized spacial score (nSPS) is 19.1. The van der Waals surface area contributed by atoms with Crippen molar-refractivity contribution in [3.8, 4) is 5.75 Å². The van der Waals surface area contributed by atoms with Gasteiger partial charge in [-0.15, -0.1) is 12.4 Å². The summed E-state index contributed by atoms with van der Waals surface area (Å²) in [4.78, 5) is 0. The number of rotatable bonds is 4. The topological polar surface area (TPSA) is 21.3 Å². The molecule has 2 rings (SSSR count). The molecule has 0 spiro atoms. The van der Waals surface area contributed by atoms with Crippen molar-refractivity contribution in [1.82, 2.24) is 5.32 Å². The summed E-state index contributed by atoms with van der Waals surface area (Å²) >= 11 is 9.33. The Balaban J connectivity index is 0.00000162. The van der Waals surface area contributed by atoms with Gasteiger partial charge in [0.05, 0.1) is 11.1 Å². The van der Waals surface area contributed by atoms with Gasteiger partial charge in [0.1, 0.15) is 5.75 Å². The molecule has 1 aromatic carbocycles. The van der Waals surface area contributed by atoms with Gasteiger partial charge in [-0.2, -0.15) is 0 Å². The quantitative estimate of drug-likeness (QED) is 0.870. The summed E-state index contributed by atoms with van der Waals surface area (Å²) in [7, 11) is 0. The predicted octanol–water partition coefficient (Wildman–Crippen LogP) is 4.29. The zero-order chi connectivity index (χ0) is 12.1. The van der Waals surface area contributed by atoms with Gasteiger partial charge in [-0.3, -0.25) is 0 Å². The Morgan fingerprint density at radius 2 is 2.28 bits per heavy atom. The van der Waals surface area contributed by atoms with E-state index in [4.69, 9.17) is 16.3 Å².